The Morgan fingerprint density at radius 1 is 1.06 bits per heavy atom. The lowest BCUT2D eigenvalue weighted by Gasteiger charge is -2.21. The number of alkyl halides is 2. The second-order valence-corrected chi connectivity index (χ2v) is 11.2. The summed E-state index contributed by atoms with van der Waals surface area (Å²) in [4.78, 5) is 38.1. The van der Waals surface area contributed by atoms with Crippen molar-refractivity contribution in [2.75, 3.05) is 12.4 Å². The number of amides is 3. The minimum Gasteiger partial charge on any atom is -0.326 e. The average molecular weight is 575 g/mol. The number of carbonyl (C=O) groups excluding carboxylic acids is 3. The molecular weight excluding hydrogens is 558 g/mol. The zero-order valence-electron chi connectivity index (χ0n) is 18.0. The summed E-state index contributed by atoms with van der Waals surface area (Å²) in [6.07, 6.45) is 0.883. The van der Waals surface area contributed by atoms with Crippen LogP contribution in [-0.4, -0.2) is 34.1 Å². The molecule has 182 valence electrons. The number of nitrogens with zero attached hydrogens (tertiary/aromatic N) is 2. The van der Waals surface area contributed by atoms with Gasteiger partial charge in [0.25, 0.3) is 11.8 Å². The summed E-state index contributed by atoms with van der Waals surface area (Å²) in [6.45, 7) is 0. The number of anilines is 1. The smallest absolute Gasteiger partial charge is 0.271 e. The standard InChI is InChI=1S/C23H17Cl5N4O3/c1-32(21(35)22(10-29)4-5-22)31-19(33)15-9-14(2-3-16(15)26)30-20(34)18-17(23(18,27)28)11-6-12(24)8-13(25)7-11/h2-3,6-9,17-18H,4-5H2,1H3,(H,30,34)(H,31,33)/t17-,18+/m0/s1. The molecule has 3 amide bonds. The Kier molecular flexibility index (Phi) is 6.91. The van der Waals surface area contributed by atoms with Gasteiger partial charge in [-0.2, -0.15) is 5.26 Å². The van der Waals surface area contributed by atoms with Gasteiger partial charge in [0.15, 0.2) is 0 Å². The molecule has 2 saturated carbocycles. The molecular formula is C23H17Cl5N4O3. The van der Waals surface area contributed by atoms with E-state index in [0.29, 0.717) is 28.5 Å². The monoisotopic (exact) mass is 572 g/mol. The molecule has 2 aromatic carbocycles. The molecule has 2 fully saturated rings. The highest BCUT2D eigenvalue weighted by Gasteiger charge is 2.67. The van der Waals surface area contributed by atoms with Crippen LogP contribution in [0.5, 0.6) is 0 Å². The quantitative estimate of drug-likeness (QED) is 0.360. The summed E-state index contributed by atoms with van der Waals surface area (Å²) >= 11 is 31.1. The highest BCUT2D eigenvalue weighted by Crippen LogP contribution is 2.65. The maximum Gasteiger partial charge on any atom is 0.271 e. The van der Waals surface area contributed by atoms with Gasteiger partial charge in [0.05, 0.1) is 22.6 Å². The molecule has 0 aliphatic heterocycles. The lowest BCUT2D eigenvalue weighted by Crippen LogP contribution is -2.46. The molecule has 2 aliphatic carbocycles. The van der Waals surface area contributed by atoms with Crippen molar-refractivity contribution < 1.29 is 14.4 Å². The molecule has 0 radical (unpaired) electrons. The number of hydrogen-bond acceptors (Lipinski definition) is 4. The Bertz CT molecular complexity index is 1270. The number of nitrogens with one attached hydrogen (secondary N) is 2. The maximum atomic E-state index is 13.0. The highest BCUT2D eigenvalue weighted by atomic mass is 35.5. The van der Waals surface area contributed by atoms with Gasteiger partial charge in [0, 0.05) is 28.7 Å². The molecule has 2 aliphatic rings. The van der Waals surface area contributed by atoms with Crippen molar-refractivity contribution in [1.29, 1.82) is 5.26 Å². The van der Waals surface area contributed by atoms with Crippen molar-refractivity contribution >= 4 is 81.4 Å². The van der Waals surface area contributed by atoms with Crippen LogP contribution < -0.4 is 10.7 Å². The van der Waals surface area contributed by atoms with Crippen molar-refractivity contribution in [3.8, 4) is 6.07 Å². The molecule has 2 atom stereocenters. The van der Waals surface area contributed by atoms with Crippen LogP contribution >= 0.6 is 58.0 Å². The molecule has 0 bridgehead atoms. The topological polar surface area (TPSA) is 102 Å². The van der Waals surface area contributed by atoms with E-state index >= 15 is 0 Å². The average Bonchev–Trinajstić information content (AvgIpc) is 3.68. The van der Waals surface area contributed by atoms with Crippen molar-refractivity contribution in [2.24, 2.45) is 11.3 Å². The molecule has 0 heterocycles. The summed E-state index contributed by atoms with van der Waals surface area (Å²) in [5.41, 5.74) is 2.24. The lowest BCUT2D eigenvalue weighted by molar-refractivity contribution is -0.135. The van der Waals surface area contributed by atoms with E-state index in [1.54, 1.807) is 18.2 Å². The molecule has 2 N–H and O–H groups in total. The summed E-state index contributed by atoms with van der Waals surface area (Å²) in [6, 6.07) is 11.1. The zero-order valence-corrected chi connectivity index (χ0v) is 21.8. The number of hydrogen-bond donors (Lipinski definition) is 2. The van der Waals surface area contributed by atoms with Crippen LogP contribution in [0.3, 0.4) is 0 Å². The summed E-state index contributed by atoms with van der Waals surface area (Å²) in [7, 11) is 1.35. The Hall–Kier alpha value is -2.21. The predicted molar refractivity (Wildman–Crippen MR) is 135 cm³/mol. The molecule has 0 spiro atoms. The van der Waals surface area contributed by atoms with E-state index in [1.165, 1.54) is 25.2 Å². The van der Waals surface area contributed by atoms with Crippen molar-refractivity contribution in [1.82, 2.24) is 10.4 Å². The molecule has 12 heteroatoms. The fourth-order valence-corrected chi connectivity index (χ4v) is 5.48. The van der Waals surface area contributed by atoms with Crippen LogP contribution in [0.2, 0.25) is 15.1 Å². The van der Waals surface area contributed by atoms with Crippen LogP contribution in [0.25, 0.3) is 0 Å². The fraction of sp³-hybridized carbons (Fsp3) is 0.304. The zero-order chi connectivity index (χ0) is 25.7. The molecule has 2 aromatic rings. The Morgan fingerprint density at radius 2 is 1.69 bits per heavy atom. The number of halogens is 5. The van der Waals surface area contributed by atoms with Crippen molar-refractivity contribution in [3.05, 3.63) is 62.6 Å². The van der Waals surface area contributed by atoms with Gasteiger partial charge in [0.2, 0.25) is 5.91 Å². The number of nitriles is 1. The molecule has 0 saturated heterocycles. The van der Waals surface area contributed by atoms with E-state index < -0.39 is 39.3 Å². The van der Waals surface area contributed by atoms with E-state index in [9.17, 15) is 19.6 Å². The minimum absolute atomic E-state index is 0.0166. The van der Waals surface area contributed by atoms with Gasteiger partial charge in [-0.25, -0.2) is 0 Å². The molecule has 0 aromatic heterocycles. The largest absolute Gasteiger partial charge is 0.326 e. The third-order valence-electron chi connectivity index (χ3n) is 6.01. The van der Waals surface area contributed by atoms with Crippen LogP contribution in [0, 0.1) is 22.7 Å². The van der Waals surface area contributed by atoms with Crippen molar-refractivity contribution in [3.63, 3.8) is 0 Å². The maximum absolute atomic E-state index is 13.0. The van der Waals surface area contributed by atoms with E-state index in [1.807, 2.05) is 6.07 Å². The Labute approximate surface area is 226 Å². The fourth-order valence-electron chi connectivity index (χ4n) is 3.90. The van der Waals surface area contributed by atoms with Gasteiger partial charge in [-0.1, -0.05) is 34.8 Å². The van der Waals surface area contributed by atoms with Gasteiger partial charge in [-0.15, -0.1) is 23.2 Å². The first-order valence-corrected chi connectivity index (χ1v) is 12.2. The van der Waals surface area contributed by atoms with E-state index in [4.69, 9.17) is 58.0 Å². The first kappa shape index (κ1) is 25.9. The summed E-state index contributed by atoms with van der Waals surface area (Å²) < 4.78 is -1.37. The molecule has 35 heavy (non-hydrogen) atoms. The first-order valence-electron chi connectivity index (χ1n) is 10.3. The normalized spacial score (nSPS) is 20.8. The molecule has 4 rings (SSSR count). The van der Waals surface area contributed by atoms with Gasteiger partial charge in [-0.05, 0) is 54.8 Å². The number of benzene rings is 2. The van der Waals surface area contributed by atoms with Crippen LogP contribution in [0.1, 0.15) is 34.7 Å². The van der Waals surface area contributed by atoms with Gasteiger partial charge in [-0.3, -0.25) is 24.8 Å². The van der Waals surface area contributed by atoms with Gasteiger partial charge in [0.1, 0.15) is 9.75 Å². The number of hydrazine groups is 1. The first-order chi connectivity index (χ1) is 16.4. The molecule has 0 unspecified atom stereocenters. The van der Waals surface area contributed by atoms with E-state index in [-0.39, 0.29) is 16.3 Å². The van der Waals surface area contributed by atoms with E-state index in [0.717, 1.165) is 5.01 Å². The van der Waals surface area contributed by atoms with Crippen LogP contribution in [-0.2, 0) is 9.59 Å². The predicted octanol–water partition coefficient (Wildman–Crippen LogP) is 5.58. The van der Waals surface area contributed by atoms with Gasteiger partial charge < -0.3 is 5.32 Å². The van der Waals surface area contributed by atoms with E-state index in [2.05, 4.69) is 10.7 Å². The van der Waals surface area contributed by atoms with Gasteiger partial charge >= 0.3 is 0 Å². The second-order valence-electron chi connectivity index (χ2n) is 8.52. The molecule has 7 nitrogen and oxygen atoms in total. The summed E-state index contributed by atoms with van der Waals surface area (Å²) in [5, 5.41) is 13.7. The lowest BCUT2D eigenvalue weighted by atomic mass is 10.1. The Balaban J connectivity index is 1.47. The Morgan fingerprint density at radius 3 is 2.26 bits per heavy atom. The third-order valence-corrected chi connectivity index (χ3v) is 7.71. The SMILES string of the molecule is CN(NC(=O)c1cc(NC(=O)[C@H]2[C@H](c3cc(Cl)cc(Cl)c3)C2(Cl)Cl)ccc1Cl)C(=O)C1(C#N)CC1. The third kappa shape index (κ3) is 5.04. The minimum atomic E-state index is -1.37. The summed E-state index contributed by atoms with van der Waals surface area (Å²) in [5.74, 6) is -2.99. The second kappa shape index (κ2) is 9.34. The van der Waals surface area contributed by atoms with Crippen LogP contribution in [0.15, 0.2) is 36.4 Å². The van der Waals surface area contributed by atoms with Crippen LogP contribution in [0.4, 0.5) is 5.69 Å². The highest BCUT2D eigenvalue weighted by molar-refractivity contribution is 6.53. The number of rotatable bonds is 5. The number of carbonyl (C=O) groups is 3. The van der Waals surface area contributed by atoms with Crippen molar-refractivity contribution in [2.45, 2.75) is 23.1 Å².